The third kappa shape index (κ3) is 4.51. The van der Waals surface area contributed by atoms with Crippen molar-refractivity contribution in [2.45, 2.75) is 6.18 Å². The number of aromatic nitrogens is 2. The molecule has 0 saturated carbocycles. The van der Waals surface area contributed by atoms with Gasteiger partial charge in [0.15, 0.2) is 5.69 Å². The first-order valence-electron chi connectivity index (χ1n) is 6.08. The van der Waals surface area contributed by atoms with Gasteiger partial charge in [-0.05, 0) is 24.3 Å². The molecule has 0 saturated heterocycles. The molecule has 3 N–H and O–H groups in total. The van der Waals surface area contributed by atoms with E-state index in [2.05, 4.69) is 15.5 Å². The lowest BCUT2D eigenvalue weighted by molar-refractivity contribution is -0.141. The van der Waals surface area contributed by atoms with Crippen LogP contribution in [0.1, 0.15) is 5.69 Å². The van der Waals surface area contributed by atoms with Gasteiger partial charge in [0.1, 0.15) is 18.2 Å². The van der Waals surface area contributed by atoms with E-state index >= 15 is 0 Å². The summed E-state index contributed by atoms with van der Waals surface area (Å²) in [6.45, 7) is 0.682. The van der Waals surface area contributed by atoms with Gasteiger partial charge in [-0.1, -0.05) is 6.07 Å². The van der Waals surface area contributed by atoms with Crippen molar-refractivity contribution in [1.82, 2.24) is 10.2 Å². The number of nitrogens with zero attached hydrogens (tertiary/aromatic N) is 2. The summed E-state index contributed by atoms with van der Waals surface area (Å²) in [5, 5.41) is 9.36. The van der Waals surface area contributed by atoms with Crippen LogP contribution >= 0.6 is 0 Å². The first-order chi connectivity index (χ1) is 9.95. The molecule has 0 radical (unpaired) electrons. The zero-order chi connectivity index (χ0) is 15.3. The van der Waals surface area contributed by atoms with Gasteiger partial charge in [0, 0.05) is 11.8 Å². The molecule has 5 nitrogen and oxygen atoms in total. The maximum atomic E-state index is 12.3. The van der Waals surface area contributed by atoms with Crippen LogP contribution in [-0.2, 0) is 6.18 Å². The molecule has 1 aromatic carbocycles. The predicted molar refractivity (Wildman–Crippen MR) is 71.9 cm³/mol. The highest BCUT2D eigenvalue weighted by molar-refractivity contribution is 5.43. The predicted octanol–water partition coefficient (Wildman–Crippen LogP) is 2.57. The summed E-state index contributed by atoms with van der Waals surface area (Å²) in [7, 11) is 0. The van der Waals surface area contributed by atoms with E-state index < -0.39 is 11.9 Å². The number of nitrogen functional groups attached to an aromatic ring is 1. The SMILES string of the molecule is Nc1cccc(OCCNc2ccc(C(F)(F)F)nn2)c1. The normalized spacial score (nSPS) is 11.2. The van der Waals surface area contributed by atoms with E-state index in [1.54, 1.807) is 24.3 Å². The Morgan fingerprint density at radius 2 is 1.95 bits per heavy atom. The average molecular weight is 298 g/mol. The molecule has 1 aromatic heterocycles. The van der Waals surface area contributed by atoms with Crippen LogP contribution in [0.3, 0.4) is 0 Å². The van der Waals surface area contributed by atoms with Crippen LogP contribution in [0.4, 0.5) is 24.7 Å². The van der Waals surface area contributed by atoms with Gasteiger partial charge < -0.3 is 15.8 Å². The molecular formula is C13H13F3N4O. The number of benzene rings is 1. The zero-order valence-electron chi connectivity index (χ0n) is 10.9. The average Bonchev–Trinajstić information content (AvgIpc) is 2.43. The molecular weight excluding hydrogens is 285 g/mol. The van der Waals surface area contributed by atoms with Crippen molar-refractivity contribution in [1.29, 1.82) is 0 Å². The quantitative estimate of drug-likeness (QED) is 0.655. The maximum absolute atomic E-state index is 12.3. The number of alkyl halides is 3. The second-order valence-corrected chi connectivity index (χ2v) is 4.15. The van der Waals surface area contributed by atoms with Crippen molar-refractivity contribution in [2.75, 3.05) is 24.2 Å². The van der Waals surface area contributed by atoms with Crippen LogP contribution in [-0.4, -0.2) is 23.3 Å². The van der Waals surface area contributed by atoms with Gasteiger partial charge in [-0.15, -0.1) is 10.2 Å². The summed E-state index contributed by atoms with van der Waals surface area (Å²) in [6, 6.07) is 9.03. The van der Waals surface area contributed by atoms with Gasteiger partial charge in [0.25, 0.3) is 0 Å². The fraction of sp³-hybridized carbons (Fsp3) is 0.231. The Balaban J connectivity index is 1.79. The number of rotatable bonds is 5. The van der Waals surface area contributed by atoms with Crippen LogP contribution in [0, 0.1) is 0 Å². The lowest BCUT2D eigenvalue weighted by atomic mass is 10.3. The van der Waals surface area contributed by atoms with E-state index in [0.717, 1.165) is 6.07 Å². The smallest absolute Gasteiger partial charge is 0.435 e. The van der Waals surface area contributed by atoms with Crippen molar-refractivity contribution in [3.63, 3.8) is 0 Å². The van der Waals surface area contributed by atoms with Gasteiger partial charge in [0.05, 0.1) is 6.54 Å². The number of hydrogen-bond donors (Lipinski definition) is 2. The Morgan fingerprint density at radius 3 is 2.57 bits per heavy atom. The standard InChI is InChI=1S/C13H13F3N4O/c14-13(15,16)11-4-5-12(20-19-11)18-6-7-21-10-3-1-2-9(17)8-10/h1-5,8H,6-7,17H2,(H,18,20). The van der Waals surface area contributed by atoms with Crippen molar-refractivity contribution < 1.29 is 17.9 Å². The Bertz CT molecular complexity index is 587. The summed E-state index contributed by atoms with van der Waals surface area (Å²) >= 11 is 0. The van der Waals surface area contributed by atoms with E-state index in [4.69, 9.17) is 10.5 Å². The van der Waals surface area contributed by atoms with E-state index in [-0.39, 0.29) is 5.82 Å². The summed E-state index contributed by atoms with van der Waals surface area (Å²) in [6.07, 6.45) is -4.48. The lowest BCUT2D eigenvalue weighted by Gasteiger charge is -2.09. The number of anilines is 2. The third-order valence-corrected chi connectivity index (χ3v) is 2.49. The van der Waals surface area contributed by atoms with Gasteiger partial charge in [-0.2, -0.15) is 13.2 Å². The molecule has 0 amide bonds. The first-order valence-corrected chi connectivity index (χ1v) is 6.08. The molecule has 1 heterocycles. The number of nitrogens with two attached hydrogens (primary N) is 1. The van der Waals surface area contributed by atoms with Crippen LogP contribution in [0.5, 0.6) is 5.75 Å². The van der Waals surface area contributed by atoms with Crippen molar-refractivity contribution in [3.05, 3.63) is 42.1 Å². The van der Waals surface area contributed by atoms with Crippen molar-refractivity contribution in [2.24, 2.45) is 0 Å². The molecule has 0 fully saturated rings. The Morgan fingerprint density at radius 1 is 1.14 bits per heavy atom. The molecule has 0 spiro atoms. The zero-order valence-corrected chi connectivity index (χ0v) is 10.9. The van der Waals surface area contributed by atoms with Crippen molar-refractivity contribution in [3.8, 4) is 5.75 Å². The Kier molecular flexibility index (Phi) is 4.46. The molecule has 0 aliphatic carbocycles. The summed E-state index contributed by atoms with van der Waals surface area (Å²) in [5.41, 5.74) is 5.17. The minimum absolute atomic E-state index is 0.249. The highest BCUT2D eigenvalue weighted by Crippen LogP contribution is 2.27. The van der Waals surface area contributed by atoms with Gasteiger partial charge in [-0.3, -0.25) is 0 Å². The van der Waals surface area contributed by atoms with E-state index in [0.29, 0.717) is 24.6 Å². The Labute approximate surface area is 118 Å². The summed E-state index contributed by atoms with van der Waals surface area (Å²) in [5.74, 6) is 0.870. The maximum Gasteiger partial charge on any atom is 0.435 e. The van der Waals surface area contributed by atoms with E-state index in [9.17, 15) is 13.2 Å². The topological polar surface area (TPSA) is 73.1 Å². The van der Waals surface area contributed by atoms with E-state index in [1.807, 2.05) is 0 Å². The number of ether oxygens (including phenoxy) is 1. The molecule has 112 valence electrons. The number of hydrogen-bond acceptors (Lipinski definition) is 5. The molecule has 0 aliphatic heterocycles. The van der Waals surface area contributed by atoms with Crippen LogP contribution in [0.2, 0.25) is 0 Å². The lowest BCUT2D eigenvalue weighted by Crippen LogP contribution is -2.14. The third-order valence-electron chi connectivity index (χ3n) is 2.49. The minimum atomic E-state index is -4.48. The monoisotopic (exact) mass is 298 g/mol. The van der Waals surface area contributed by atoms with Gasteiger partial charge >= 0.3 is 6.18 Å². The fourth-order valence-corrected chi connectivity index (χ4v) is 1.53. The summed E-state index contributed by atoms with van der Waals surface area (Å²) in [4.78, 5) is 0. The number of halogens is 3. The van der Waals surface area contributed by atoms with Gasteiger partial charge in [-0.25, -0.2) is 0 Å². The minimum Gasteiger partial charge on any atom is -0.492 e. The molecule has 21 heavy (non-hydrogen) atoms. The van der Waals surface area contributed by atoms with E-state index in [1.165, 1.54) is 6.07 Å². The summed E-state index contributed by atoms with van der Waals surface area (Å²) < 4.78 is 42.3. The van der Waals surface area contributed by atoms with Crippen LogP contribution in [0.15, 0.2) is 36.4 Å². The largest absolute Gasteiger partial charge is 0.492 e. The number of nitrogens with one attached hydrogen (secondary N) is 1. The second-order valence-electron chi connectivity index (χ2n) is 4.15. The molecule has 0 unspecified atom stereocenters. The molecule has 0 bridgehead atoms. The molecule has 2 aromatic rings. The molecule has 0 aliphatic rings. The highest BCUT2D eigenvalue weighted by Gasteiger charge is 2.32. The molecule has 0 atom stereocenters. The highest BCUT2D eigenvalue weighted by atomic mass is 19.4. The Hall–Kier alpha value is -2.51. The van der Waals surface area contributed by atoms with Crippen molar-refractivity contribution >= 4 is 11.5 Å². The molecule has 8 heteroatoms. The first kappa shape index (κ1) is 14.9. The molecule has 2 rings (SSSR count). The van der Waals surface area contributed by atoms with Gasteiger partial charge in [0.2, 0.25) is 0 Å². The van der Waals surface area contributed by atoms with Crippen LogP contribution in [0.25, 0.3) is 0 Å². The fourth-order valence-electron chi connectivity index (χ4n) is 1.53. The van der Waals surface area contributed by atoms with Crippen LogP contribution < -0.4 is 15.8 Å². The second kappa shape index (κ2) is 6.29.